The molecule has 0 radical (unpaired) electrons. The van der Waals surface area contributed by atoms with Crippen molar-refractivity contribution in [1.29, 1.82) is 0 Å². The number of rotatable bonds is 3. The summed E-state index contributed by atoms with van der Waals surface area (Å²) in [6.45, 7) is 5.09. The second-order valence-corrected chi connectivity index (χ2v) is 6.61. The zero-order valence-corrected chi connectivity index (χ0v) is 13.5. The van der Waals surface area contributed by atoms with E-state index in [0.29, 0.717) is 18.7 Å². The van der Waals surface area contributed by atoms with Crippen LogP contribution in [0.15, 0.2) is 18.2 Å². The summed E-state index contributed by atoms with van der Waals surface area (Å²) in [5.41, 5.74) is 2.92. The lowest BCUT2D eigenvalue weighted by molar-refractivity contribution is -0.186. The summed E-state index contributed by atoms with van der Waals surface area (Å²) in [7, 11) is 0. The Bertz CT molecular complexity index is 529. The van der Waals surface area contributed by atoms with Crippen molar-refractivity contribution in [2.24, 2.45) is 0 Å². The van der Waals surface area contributed by atoms with E-state index >= 15 is 0 Å². The molecule has 0 bridgehead atoms. The van der Waals surface area contributed by atoms with Crippen LogP contribution in [0.4, 0.5) is 0 Å². The lowest BCUT2D eigenvalue weighted by atomic mass is 9.94. The van der Waals surface area contributed by atoms with Gasteiger partial charge in [-0.2, -0.15) is 0 Å². The van der Waals surface area contributed by atoms with Crippen molar-refractivity contribution in [3.05, 3.63) is 34.9 Å². The summed E-state index contributed by atoms with van der Waals surface area (Å²) in [6, 6.07) is 5.89. The predicted molar refractivity (Wildman–Crippen MR) is 84.9 cm³/mol. The van der Waals surface area contributed by atoms with E-state index in [9.17, 15) is 4.79 Å². The fourth-order valence-electron chi connectivity index (χ4n) is 3.48. The summed E-state index contributed by atoms with van der Waals surface area (Å²) < 4.78 is 12.0. The summed E-state index contributed by atoms with van der Waals surface area (Å²) in [4.78, 5) is 12.3. The van der Waals surface area contributed by atoms with Gasteiger partial charge in [0.25, 0.3) is 5.91 Å². The molecule has 1 saturated heterocycles. The Morgan fingerprint density at radius 1 is 1.18 bits per heavy atom. The van der Waals surface area contributed by atoms with E-state index in [1.807, 2.05) is 26.0 Å². The Kier molecular flexibility index (Phi) is 4.50. The van der Waals surface area contributed by atoms with E-state index in [-0.39, 0.29) is 17.8 Å². The van der Waals surface area contributed by atoms with Gasteiger partial charge in [0.05, 0.1) is 6.61 Å². The summed E-state index contributed by atoms with van der Waals surface area (Å²) in [6.07, 6.45) is 5.53. The Balaban J connectivity index is 1.53. The molecule has 1 amide bonds. The van der Waals surface area contributed by atoms with Crippen molar-refractivity contribution in [2.45, 2.75) is 57.8 Å². The maximum absolute atomic E-state index is 12.3. The molecule has 1 saturated carbocycles. The Morgan fingerprint density at radius 2 is 1.86 bits per heavy atom. The van der Waals surface area contributed by atoms with Gasteiger partial charge >= 0.3 is 0 Å². The Morgan fingerprint density at radius 3 is 2.55 bits per heavy atom. The number of hydrogen-bond acceptors (Lipinski definition) is 3. The summed E-state index contributed by atoms with van der Waals surface area (Å²) >= 11 is 0. The van der Waals surface area contributed by atoms with Gasteiger partial charge in [-0.3, -0.25) is 4.79 Å². The molecule has 0 aromatic heterocycles. The molecule has 22 heavy (non-hydrogen) atoms. The lowest BCUT2D eigenvalue weighted by Crippen LogP contribution is -2.37. The highest BCUT2D eigenvalue weighted by Crippen LogP contribution is 2.37. The first-order chi connectivity index (χ1) is 10.6. The van der Waals surface area contributed by atoms with Crippen LogP contribution < -0.4 is 5.32 Å². The third-order valence-electron chi connectivity index (χ3n) is 4.50. The van der Waals surface area contributed by atoms with Crippen molar-refractivity contribution < 1.29 is 14.3 Å². The van der Waals surface area contributed by atoms with Crippen LogP contribution in [0.2, 0.25) is 0 Å². The van der Waals surface area contributed by atoms with Crippen LogP contribution in [0, 0.1) is 13.8 Å². The minimum Gasteiger partial charge on any atom is -0.349 e. The van der Waals surface area contributed by atoms with E-state index in [4.69, 9.17) is 9.47 Å². The molecule has 1 aliphatic heterocycles. The first-order valence-electron chi connectivity index (χ1n) is 8.25. The molecule has 1 atom stereocenters. The van der Waals surface area contributed by atoms with Crippen molar-refractivity contribution in [1.82, 2.24) is 5.32 Å². The molecule has 2 fully saturated rings. The fraction of sp³-hybridized carbons (Fsp3) is 0.611. The van der Waals surface area contributed by atoms with Crippen molar-refractivity contribution in [2.75, 3.05) is 13.2 Å². The largest absolute Gasteiger partial charge is 0.349 e. The highest BCUT2D eigenvalue weighted by Gasteiger charge is 2.42. The first kappa shape index (κ1) is 15.5. The zero-order chi connectivity index (χ0) is 15.6. The highest BCUT2D eigenvalue weighted by atomic mass is 16.7. The van der Waals surface area contributed by atoms with Crippen LogP contribution in [-0.4, -0.2) is 30.9 Å². The number of carbonyl (C=O) groups is 1. The SMILES string of the molecule is Cc1cc(C)cc(C(=O)NC[C@@H]2COC3(CCCCC3)O2)c1. The molecule has 120 valence electrons. The molecule has 1 spiro atoms. The topological polar surface area (TPSA) is 47.6 Å². The number of aryl methyl sites for hydroxylation is 2. The van der Waals surface area contributed by atoms with Gasteiger partial charge < -0.3 is 14.8 Å². The van der Waals surface area contributed by atoms with Crippen molar-refractivity contribution in [3.63, 3.8) is 0 Å². The van der Waals surface area contributed by atoms with E-state index in [1.54, 1.807) is 0 Å². The van der Waals surface area contributed by atoms with Gasteiger partial charge in [0.2, 0.25) is 0 Å². The smallest absolute Gasteiger partial charge is 0.251 e. The fourth-order valence-corrected chi connectivity index (χ4v) is 3.48. The molecular formula is C18H25NO3. The van der Waals surface area contributed by atoms with Crippen LogP contribution in [0.25, 0.3) is 0 Å². The third kappa shape index (κ3) is 3.50. The standard InChI is InChI=1S/C18H25NO3/c1-13-8-14(2)10-15(9-13)17(20)19-11-16-12-21-18(22-16)6-4-3-5-7-18/h8-10,16H,3-7,11-12H2,1-2H3,(H,19,20)/t16-/m1/s1. The van der Waals surface area contributed by atoms with E-state index in [2.05, 4.69) is 11.4 Å². The van der Waals surface area contributed by atoms with Crippen LogP contribution in [0.1, 0.15) is 53.6 Å². The van der Waals surface area contributed by atoms with Crippen LogP contribution >= 0.6 is 0 Å². The van der Waals surface area contributed by atoms with Crippen LogP contribution in [-0.2, 0) is 9.47 Å². The minimum atomic E-state index is -0.367. The number of benzene rings is 1. The molecule has 1 heterocycles. The minimum absolute atomic E-state index is 0.0343. The van der Waals surface area contributed by atoms with Gasteiger partial charge in [-0.05, 0) is 38.8 Å². The first-order valence-corrected chi connectivity index (χ1v) is 8.25. The summed E-state index contributed by atoms with van der Waals surface area (Å²) in [5, 5.41) is 2.97. The van der Waals surface area contributed by atoms with Gasteiger partial charge in [0, 0.05) is 24.9 Å². The van der Waals surface area contributed by atoms with E-state index in [1.165, 1.54) is 19.3 Å². The second kappa shape index (κ2) is 6.39. The van der Waals surface area contributed by atoms with Crippen molar-refractivity contribution in [3.8, 4) is 0 Å². The predicted octanol–water partition coefficient (Wildman–Crippen LogP) is 3.11. The Labute approximate surface area is 132 Å². The third-order valence-corrected chi connectivity index (χ3v) is 4.50. The molecule has 1 aromatic rings. The van der Waals surface area contributed by atoms with E-state index in [0.717, 1.165) is 24.0 Å². The molecule has 1 aromatic carbocycles. The van der Waals surface area contributed by atoms with Gasteiger partial charge in [-0.25, -0.2) is 0 Å². The number of ether oxygens (including phenoxy) is 2. The maximum Gasteiger partial charge on any atom is 0.251 e. The normalized spacial score (nSPS) is 23.6. The molecule has 4 nitrogen and oxygen atoms in total. The zero-order valence-electron chi connectivity index (χ0n) is 13.5. The number of carbonyl (C=O) groups excluding carboxylic acids is 1. The number of hydrogen-bond donors (Lipinski definition) is 1. The molecule has 0 unspecified atom stereocenters. The molecule has 4 heteroatoms. The molecule has 3 rings (SSSR count). The van der Waals surface area contributed by atoms with Crippen molar-refractivity contribution >= 4 is 5.91 Å². The average Bonchev–Trinajstić information content (AvgIpc) is 2.87. The van der Waals surface area contributed by atoms with Crippen LogP contribution in [0.3, 0.4) is 0 Å². The lowest BCUT2D eigenvalue weighted by Gasteiger charge is -2.31. The monoisotopic (exact) mass is 303 g/mol. The maximum atomic E-state index is 12.3. The van der Waals surface area contributed by atoms with Crippen LogP contribution in [0.5, 0.6) is 0 Å². The Hall–Kier alpha value is -1.39. The second-order valence-electron chi connectivity index (χ2n) is 6.61. The summed E-state index contributed by atoms with van der Waals surface area (Å²) in [5.74, 6) is -0.409. The van der Waals surface area contributed by atoms with Gasteiger partial charge in [-0.15, -0.1) is 0 Å². The number of amides is 1. The van der Waals surface area contributed by atoms with Gasteiger partial charge in [0.1, 0.15) is 6.10 Å². The highest BCUT2D eigenvalue weighted by molar-refractivity contribution is 5.94. The molecule has 1 aliphatic carbocycles. The molecule has 2 aliphatic rings. The molecule has 1 N–H and O–H groups in total. The number of nitrogens with one attached hydrogen (secondary N) is 1. The molecular weight excluding hydrogens is 278 g/mol. The average molecular weight is 303 g/mol. The van der Waals surface area contributed by atoms with Gasteiger partial charge in [0.15, 0.2) is 5.79 Å². The quantitative estimate of drug-likeness (QED) is 0.933. The van der Waals surface area contributed by atoms with Gasteiger partial charge in [-0.1, -0.05) is 23.6 Å². The van der Waals surface area contributed by atoms with E-state index < -0.39 is 0 Å².